The van der Waals surface area contributed by atoms with Crippen LogP contribution in [0.5, 0.6) is 0 Å². The van der Waals surface area contributed by atoms with E-state index >= 15 is 0 Å². The zero-order valence-corrected chi connectivity index (χ0v) is 7.71. The Morgan fingerprint density at radius 3 is 2.33 bits per heavy atom. The fourth-order valence-electron chi connectivity index (χ4n) is 0.927. The van der Waals surface area contributed by atoms with Gasteiger partial charge in [-0.15, -0.1) is 12.6 Å². The van der Waals surface area contributed by atoms with Crippen LogP contribution in [-0.4, -0.2) is 5.91 Å². The Labute approximate surface area is 77.2 Å². The van der Waals surface area contributed by atoms with Crippen LogP contribution >= 0.6 is 12.6 Å². The summed E-state index contributed by atoms with van der Waals surface area (Å²) in [6.07, 6.45) is 0. The number of amides is 1. The Kier molecular flexibility index (Phi) is 2.76. The third kappa shape index (κ3) is 2.01. The van der Waals surface area contributed by atoms with Crippen molar-refractivity contribution in [2.45, 2.75) is 17.7 Å². The molecular formula is C9H11NOS. The Hall–Kier alpha value is -0.960. The van der Waals surface area contributed by atoms with Gasteiger partial charge in [-0.3, -0.25) is 4.79 Å². The van der Waals surface area contributed by atoms with E-state index in [0.29, 0.717) is 0 Å². The van der Waals surface area contributed by atoms with Gasteiger partial charge in [-0.25, -0.2) is 0 Å². The highest BCUT2D eigenvalue weighted by atomic mass is 32.1. The van der Waals surface area contributed by atoms with E-state index in [9.17, 15) is 4.79 Å². The Balaban J connectivity index is 2.89. The summed E-state index contributed by atoms with van der Waals surface area (Å²) < 4.78 is 0. The highest BCUT2D eigenvalue weighted by Crippen LogP contribution is 2.16. The topological polar surface area (TPSA) is 43.1 Å². The number of thiol groups is 1. The molecule has 1 unspecified atom stereocenters. The first-order valence-electron chi connectivity index (χ1n) is 3.69. The van der Waals surface area contributed by atoms with E-state index in [1.165, 1.54) is 0 Å². The maximum atomic E-state index is 10.8. The van der Waals surface area contributed by atoms with Crippen molar-refractivity contribution in [2.75, 3.05) is 0 Å². The summed E-state index contributed by atoms with van der Waals surface area (Å²) in [4.78, 5) is 11.7. The average Bonchev–Trinajstić information content (AvgIpc) is 2.04. The average molecular weight is 181 g/mol. The molecule has 1 rings (SSSR count). The first-order chi connectivity index (χ1) is 5.61. The van der Waals surface area contributed by atoms with Gasteiger partial charge in [0.25, 0.3) is 0 Å². The van der Waals surface area contributed by atoms with Crippen LogP contribution in [0.2, 0.25) is 0 Å². The number of nitrogens with two attached hydrogens (primary N) is 1. The van der Waals surface area contributed by atoms with Gasteiger partial charge in [0, 0.05) is 4.90 Å². The monoisotopic (exact) mass is 181 g/mol. The number of carbonyl (C=O) groups is 1. The van der Waals surface area contributed by atoms with Crippen molar-refractivity contribution < 1.29 is 4.79 Å². The number of hydrogen-bond acceptors (Lipinski definition) is 2. The predicted octanol–water partition coefficient (Wildman–Crippen LogP) is 1.56. The van der Waals surface area contributed by atoms with Gasteiger partial charge in [0.15, 0.2) is 0 Å². The van der Waals surface area contributed by atoms with Crippen LogP contribution in [0.15, 0.2) is 29.2 Å². The van der Waals surface area contributed by atoms with Crippen molar-refractivity contribution in [3.05, 3.63) is 29.8 Å². The first kappa shape index (κ1) is 9.13. The Morgan fingerprint density at radius 1 is 1.42 bits per heavy atom. The lowest BCUT2D eigenvalue weighted by molar-refractivity contribution is -0.119. The zero-order valence-electron chi connectivity index (χ0n) is 6.82. The minimum absolute atomic E-state index is 0.223. The van der Waals surface area contributed by atoms with Crippen LogP contribution < -0.4 is 5.73 Å². The molecule has 12 heavy (non-hydrogen) atoms. The van der Waals surface area contributed by atoms with Crippen molar-refractivity contribution >= 4 is 18.5 Å². The van der Waals surface area contributed by atoms with Gasteiger partial charge in [-0.05, 0) is 24.6 Å². The van der Waals surface area contributed by atoms with Crippen LogP contribution in [0.4, 0.5) is 0 Å². The Bertz CT molecular complexity index is 281. The van der Waals surface area contributed by atoms with E-state index in [0.717, 1.165) is 10.5 Å². The van der Waals surface area contributed by atoms with Gasteiger partial charge < -0.3 is 5.73 Å². The molecule has 0 saturated heterocycles. The lowest BCUT2D eigenvalue weighted by Gasteiger charge is -2.06. The van der Waals surface area contributed by atoms with Crippen molar-refractivity contribution in [1.29, 1.82) is 0 Å². The van der Waals surface area contributed by atoms with Crippen molar-refractivity contribution in [2.24, 2.45) is 5.73 Å². The molecule has 2 N–H and O–H groups in total. The highest BCUT2D eigenvalue weighted by Gasteiger charge is 2.10. The number of rotatable bonds is 2. The van der Waals surface area contributed by atoms with Crippen LogP contribution in [0.25, 0.3) is 0 Å². The second kappa shape index (κ2) is 3.63. The molecule has 0 saturated carbocycles. The molecule has 1 amide bonds. The fraction of sp³-hybridized carbons (Fsp3) is 0.222. The van der Waals surface area contributed by atoms with Gasteiger partial charge in [0.2, 0.25) is 5.91 Å². The Morgan fingerprint density at radius 2 is 1.92 bits per heavy atom. The summed E-state index contributed by atoms with van der Waals surface area (Å²) in [6, 6.07) is 7.41. The molecule has 0 aliphatic carbocycles. The quantitative estimate of drug-likeness (QED) is 0.668. The minimum atomic E-state index is -0.304. The normalized spacial score (nSPS) is 12.5. The summed E-state index contributed by atoms with van der Waals surface area (Å²) in [7, 11) is 0. The lowest BCUT2D eigenvalue weighted by Crippen LogP contribution is -2.18. The molecule has 0 fully saturated rings. The van der Waals surface area contributed by atoms with Crippen LogP contribution in [0, 0.1) is 0 Å². The smallest absolute Gasteiger partial charge is 0.224 e. The SMILES string of the molecule is CC(C(N)=O)c1ccc(S)cc1. The minimum Gasteiger partial charge on any atom is -0.369 e. The molecule has 1 atom stereocenters. The van der Waals surface area contributed by atoms with Crippen molar-refractivity contribution in [3.63, 3.8) is 0 Å². The molecule has 0 aliphatic rings. The summed E-state index contributed by atoms with van der Waals surface area (Å²) >= 11 is 4.14. The largest absolute Gasteiger partial charge is 0.369 e. The molecule has 0 bridgehead atoms. The van der Waals surface area contributed by atoms with E-state index < -0.39 is 0 Å². The maximum absolute atomic E-state index is 10.8. The van der Waals surface area contributed by atoms with E-state index in [1.54, 1.807) is 6.92 Å². The van der Waals surface area contributed by atoms with Crippen LogP contribution in [0.1, 0.15) is 18.4 Å². The summed E-state index contributed by atoms with van der Waals surface area (Å²) in [6.45, 7) is 1.79. The number of primary amides is 1. The van der Waals surface area contributed by atoms with Gasteiger partial charge in [-0.2, -0.15) is 0 Å². The molecule has 0 heterocycles. The summed E-state index contributed by atoms with van der Waals surface area (Å²) in [5, 5.41) is 0. The maximum Gasteiger partial charge on any atom is 0.224 e. The molecule has 1 aromatic rings. The van der Waals surface area contributed by atoms with Gasteiger partial charge in [0.05, 0.1) is 5.92 Å². The molecule has 64 valence electrons. The van der Waals surface area contributed by atoms with E-state index in [4.69, 9.17) is 5.73 Å². The second-order valence-corrected chi connectivity index (χ2v) is 3.23. The zero-order chi connectivity index (χ0) is 9.14. The predicted molar refractivity (Wildman–Crippen MR) is 51.3 cm³/mol. The molecule has 1 aromatic carbocycles. The van der Waals surface area contributed by atoms with E-state index in [-0.39, 0.29) is 11.8 Å². The third-order valence-electron chi connectivity index (χ3n) is 1.82. The van der Waals surface area contributed by atoms with Crippen molar-refractivity contribution in [1.82, 2.24) is 0 Å². The highest BCUT2D eigenvalue weighted by molar-refractivity contribution is 7.80. The van der Waals surface area contributed by atoms with E-state index in [2.05, 4.69) is 12.6 Å². The van der Waals surface area contributed by atoms with Crippen LogP contribution in [0.3, 0.4) is 0 Å². The van der Waals surface area contributed by atoms with Gasteiger partial charge in [-0.1, -0.05) is 12.1 Å². The fourth-order valence-corrected chi connectivity index (χ4v) is 1.08. The number of carbonyl (C=O) groups excluding carboxylic acids is 1. The summed E-state index contributed by atoms with van der Waals surface area (Å²) in [5.41, 5.74) is 6.08. The van der Waals surface area contributed by atoms with Crippen LogP contribution in [-0.2, 0) is 4.79 Å². The molecular weight excluding hydrogens is 170 g/mol. The number of benzene rings is 1. The molecule has 0 aromatic heterocycles. The van der Waals surface area contributed by atoms with Gasteiger partial charge in [0.1, 0.15) is 0 Å². The number of hydrogen-bond donors (Lipinski definition) is 2. The first-order valence-corrected chi connectivity index (χ1v) is 4.14. The third-order valence-corrected chi connectivity index (χ3v) is 2.12. The molecule has 3 heteroatoms. The molecule has 0 aliphatic heterocycles. The lowest BCUT2D eigenvalue weighted by atomic mass is 10.0. The molecule has 0 radical (unpaired) electrons. The van der Waals surface area contributed by atoms with E-state index in [1.807, 2.05) is 24.3 Å². The summed E-state index contributed by atoms with van der Waals surface area (Å²) in [5.74, 6) is -0.527. The second-order valence-electron chi connectivity index (χ2n) is 2.72. The molecule has 0 spiro atoms. The van der Waals surface area contributed by atoms with Gasteiger partial charge >= 0.3 is 0 Å². The standard InChI is InChI=1S/C9H11NOS/c1-6(9(10)11)7-2-4-8(12)5-3-7/h2-6,12H,1H3,(H2,10,11). The van der Waals surface area contributed by atoms with Crippen molar-refractivity contribution in [3.8, 4) is 0 Å². The molecule has 2 nitrogen and oxygen atoms in total.